The van der Waals surface area contributed by atoms with E-state index in [4.69, 9.17) is 0 Å². The molecule has 5 heteroatoms. The summed E-state index contributed by atoms with van der Waals surface area (Å²) in [7, 11) is 0. The van der Waals surface area contributed by atoms with Gasteiger partial charge in [0.25, 0.3) is 0 Å². The number of hydrogen-bond acceptors (Lipinski definition) is 3. The maximum atomic E-state index is 11.9. The highest BCUT2D eigenvalue weighted by Crippen LogP contribution is 2.37. The Kier molecular flexibility index (Phi) is 7.30. The lowest BCUT2D eigenvalue weighted by Gasteiger charge is -2.30. The first kappa shape index (κ1) is 17.2. The zero-order valence-electron chi connectivity index (χ0n) is 13.2. The molecular formula is C15H31N3O2. The van der Waals surface area contributed by atoms with Gasteiger partial charge in [-0.05, 0) is 38.9 Å². The van der Waals surface area contributed by atoms with Crippen molar-refractivity contribution in [2.75, 3.05) is 32.8 Å². The Balaban J connectivity index is 2.20. The van der Waals surface area contributed by atoms with Crippen molar-refractivity contribution in [1.82, 2.24) is 15.5 Å². The smallest absolute Gasteiger partial charge is 0.315 e. The number of aliphatic hydroxyl groups is 1. The third-order valence-corrected chi connectivity index (χ3v) is 4.58. The summed E-state index contributed by atoms with van der Waals surface area (Å²) in [6, 6.07) is -0.00796. The summed E-state index contributed by atoms with van der Waals surface area (Å²) >= 11 is 0. The van der Waals surface area contributed by atoms with Gasteiger partial charge in [0.15, 0.2) is 0 Å². The molecule has 0 radical (unpaired) electrons. The summed E-state index contributed by atoms with van der Waals surface area (Å²) in [4.78, 5) is 14.2. The molecule has 5 nitrogen and oxygen atoms in total. The Labute approximate surface area is 123 Å². The molecule has 3 N–H and O–H groups in total. The van der Waals surface area contributed by atoms with Gasteiger partial charge in [-0.1, -0.05) is 27.2 Å². The Morgan fingerprint density at radius 1 is 1.40 bits per heavy atom. The predicted molar refractivity (Wildman–Crippen MR) is 81.8 cm³/mol. The lowest BCUT2D eigenvalue weighted by atomic mass is 9.86. The molecule has 2 unspecified atom stereocenters. The van der Waals surface area contributed by atoms with Crippen molar-refractivity contribution in [2.24, 2.45) is 5.41 Å². The van der Waals surface area contributed by atoms with Crippen molar-refractivity contribution in [3.8, 4) is 0 Å². The summed E-state index contributed by atoms with van der Waals surface area (Å²) < 4.78 is 0. The molecule has 0 bridgehead atoms. The molecule has 118 valence electrons. The fourth-order valence-corrected chi connectivity index (χ4v) is 2.92. The van der Waals surface area contributed by atoms with E-state index in [1.165, 1.54) is 0 Å². The third-order valence-electron chi connectivity index (χ3n) is 4.58. The average molecular weight is 285 g/mol. The van der Waals surface area contributed by atoms with Gasteiger partial charge in [0, 0.05) is 18.0 Å². The van der Waals surface area contributed by atoms with Crippen LogP contribution in [0.2, 0.25) is 0 Å². The monoisotopic (exact) mass is 285 g/mol. The second-order valence-corrected chi connectivity index (χ2v) is 6.04. The van der Waals surface area contributed by atoms with Gasteiger partial charge in [0.1, 0.15) is 0 Å². The Morgan fingerprint density at radius 3 is 2.70 bits per heavy atom. The highest BCUT2D eigenvalue weighted by atomic mass is 16.3. The van der Waals surface area contributed by atoms with Crippen LogP contribution in [0.4, 0.5) is 4.79 Å². The minimum atomic E-state index is -0.154. The van der Waals surface area contributed by atoms with Crippen LogP contribution in [-0.4, -0.2) is 54.9 Å². The van der Waals surface area contributed by atoms with Gasteiger partial charge in [-0.25, -0.2) is 4.79 Å². The van der Waals surface area contributed by atoms with E-state index in [0.29, 0.717) is 6.54 Å². The van der Waals surface area contributed by atoms with Crippen molar-refractivity contribution >= 4 is 6.03 Å². The van der Waals surface area contributed by atoms with E-state index >= 15 is 0 Å². The van der Waals surface area contributed by atoms with E-state index < -0.39 is 0 Å². The van der Waals surface area contributed by atoms with E-state index in [2.05, 4.69) is 29.4 Å². The maximum absolute atomic E-state index is 11.9. The van der Waals surface area contributed by atoms with Crippen LogP contribution in [0, 0.1) is 5.41 Å². The Hall–Kier alpha value is -0.810. The number of rotatable bonds is 8. The second-order valence-electron chi connectivity index (χ2n) is 6.04. The van der Waals surface area contributed by atoms with E-state index in [-0.39, 0.29) is 24.1 Å². The van der Waals surface area contributed by atoms with Gasteiger partial charge >= 0.3 is 6.03 Å². The zero-order valence-corrected chi connectivity index (χ0v) is 13.2. The Bertz CT molecular complexity index is 295. The van der Waals surface area contributed by atoms with Crippen molar-refractivity contribution < 1.29 is 9.90 Å². The average Bonchev–Trinajstić information content (AvgIpc) is 2.81. The molecule has 0 saturated heterocycles. The molecule has 1 rings (SSSR count). The van der Waals surface area contributed by atoms with E-state index in [1.54, 1.807) is 0 Å². The Morgan fingerprint density at radius 2 is 2.10 bits per heavy atom. The lowest BCUT2D eigenvalue weighted by molar-refractivity contribution is 0.121. The first-order valence-corrected chi connectivity index (χ1v) is 7.93. The summed E-state index contributed by atoms with van der Waals surface area (Å²) in [5, 5.41) is 15.4. The zero-order chi connectivity index (χ0) is 15.0. The quantitative estimate of drug-likeness (QED) is 0.593. The van der Waals surface area contributed by atoms with Gasteiger partial charge in [-0.2, -0.15) is 0 Å². The molecule has 0 aromatic rings. The number of aliphatic hydroxyl groups excluding tert-OH is 1. The number of carbonyl (C=O) groups is 1. The van der Waals surface area contributed by atoms with Gasteiger partial charge in [0.05, 0.1) is 6.61 Å². The summed E-state index contributed by atoms with van der Waals surface area (Å²) in [5.41, 5.74) is -0.154. The maximum Gasteiger partial charge on any atom is 0.315 e. The van der Waals surface area contributed by atoms with Crippen LogP contribution in [0.15, 0.2) is 0 Å². The fraction of sp³-hybridized carbons (Fsp3) is 0.933. The standard InChI is InChI=1S/C15H31N3O2/c1-4-18(5-2)11-7-10-16-14(20)17-13-8-6-9-15(13,3)12-19/h13,19H,4-12H2,1-3H3,(H2,16,17,20). The molecule has 1 fully saturated rings. The van der Waals surface area contributed by atoms with Gasteiger partial charge in [-0.3, -0.25) is 0 Å². The molecule has 0 aromatic heterocycles. The molecule has 20 heavy (non-hydrogen) atoms. The summed E-state index contributed by atoms with van der Waals surface area (Å²) in [6.45, 7) is 10.3. The minimum absolute atomic E-state index is 0.0929. The van der Waals surface area contributed by atoms with E-state index in [9.17, 15) is 9.90 Å². The van der Waals surface area contributed by atoms with Crippen molar-refractivity contribution in [1.29, 1.82) is 0 Å². The SMILES string of the molecule is CCN(CC)CCCNC(=O)NC1CCCC1(C)CO. The molecular weight excluding hydrogens is 254 g/mol. The van der Waals surface area contributed by atoms with Crippen LogP contribution in [0.25, 0.3) is 0 Å². The fourth-order valence-electron chi connectivity index (χ4n) is 2.92. The van der Waals surface area contributed by atoms with E-state index in [1.807, 2.05) is 6.92 Å². The number of amides is 2. The number of nitrogens with one attached hydrogen (secondary N) is 2. The van der Waals surface area contributed by atoms with Crippen LogP contribution < -0.4 is 10.6 Å². The van der Waals surface area contributed by atoms with Crippen LogP contribution >= 0.6 is 0 Å². The highest BCUT2D eigenvalue weighted by molar-refractivity contribution is 5.74. The number of nitrogens with zero attached hydrogens (tertiary/aromatic N) is 1. The molecule has 0 aliphatic heterocycles. The van der Waals surface area contributed by atoms with Gasteiger partial charge < -0.3 is 20.6 Å². The van der Waals surface area contributed by atoms with Gasteiger partial charge in [-0.15, -0.1) is 0 Å². The summed E-state index contributed by atoms with van der Waals surface area (Å²) in [5.74, 6) is 0. The largest absolute Gasteiger partial charge is 0.396 e. The number of urea groups is 1. The van der Waals surface area contributed by atoms with Gasteiger partial charge in [0.2, 0.25) is 0 Å². The van der Waals surface area contributed by atoms with Crippen LogP contribution in [0.3, 0.4) is 0 Å². The normalized spacial score (nSPS) is 25.9. The molecule has 1 saturated carbocycles. The first-order chi connectivity index (χ1) is 9.55. The summed E-state index contributed by atoms with van der Waals surface area (Å²) in [6.07, 6.45) is 3.99. The van der Waals surface area contributed by atoms with Crippen molar-refractivity contribution in [2.45, 2.75) is 52.5 Å². The van der Waals surface area contributed by atoms with Crippen LogP contribution in [0.1, 0.15) is 46.5 Å². The molecule has 2 amide bonds. The van der Waals surface area contributed by atoms with Crippen molar-refractivity contribution in [3.63, 3.8) is 0 Å². The second kappa shape index (κ2) is 8.47. The molecule has 0 spiro atoms. The minimum Gasteiger partial charge on any atom is -0.396 e. The molecule has 0 aromatic carbocycles. The molecule has 0 heterocycles. The molecule has 1 aliphatic rings. The highest BCUT2D eigenvalue weighted by Gasteiger charge is 2.38. The first-order valence-electron chi connectivity index (χ1n) is 7.93. The lowest BCUT2D eigenvalue weighted by Crippen LogP contribution is -2.49. The van der Waals surface area contributed by atoms with Crippen molar-refractivity contribution in [3.05, 3.63) is 0 Å². The van der Waals surface area contributed by atoms with Crippen LogP contribution in [0.5, 0.6) is 0 Å². The van der Waals surface area contributed by atoms with Crippen LogP contribution in [-0.2, 0) is 0 Å². The molecule has 2 atom stereocenters. The number of carbonyl (C=O) groups excluding carboxylic acids is 1. The third kappa shape index (κ3) is 4.94. The predicted octanol–water partition coefficient (Wildman–Crippen LogP) is 1.57. The molecule has 1 aliphatic carbocycles. The number of hydrogen-bond donors (Lipinski definition) is 3. The topological polar surface area (TPSA) is 64.6 Å². The van der Waals surface area contributed by atoms with E-state index in [0.717, 1.165) is 45.3 Å².